The van der Waals surface area contributed by atoms with Gasteiger partial charge in [0.25, 0.3) is 0 Å². The summed E-state index contributed by atoms with van der Waals surface area (Å²) in [6, 6.07) is 0. The van der Waals surface area contributed by atoms with E-state index in [4.69, 9.17) is 52.1 Å². The fraction of sp³-hybridized carbons (Fsp3) is 0.930. The highest BCUT2D eigenvalue weighted by Gasteiger charge is 2.69. The second-order valence-corrected chi connectivity index (χ2v) is 26.3. The third-order valence-corrected chi connectivity index (χ3v) is 21.0. The molecule has 16 N–H and O–H groups in total. The number of fused-ring (bicyclic) bond motifs is 7. The topological polar surface area (TPSA) is 425 Å². The van der Waals surface area contributed by atoms with Gasteiger partial charge >= 0.3 is 0 Å². The molecule has 0 aromatic carbocycles. The summed E-state index contributed by atoms with van der Waals surface area (Å²) >= 11 is 0. The number of hydrogen-bond donors (Lipinski definition) is 16. The SMILES string of the molecule is CC(C/C=C1\O[C@H]2C[C@H]3[C@@H]4CC=C5C[C@@H](O[C@@H]6O[C@H](CO)[C@@H](O)[C@H](O[C@@H]7O[C@@H](C)[C@H](O[C@@H]8O[C@H](CO)[C@@H](O)[C@H](O)[C@H]8O)[C@@H](O)[C@H]7O)[C@H]6O[C@@H]6O[C@@H](C)[C@H](O)[C@@H](O)[C@H]6O)CC[C@]5(C)[C@H]4CC[C@]3(C)[C@H]2[C@]1(C)O)CO[C@@H]1O[C@H](CO)[C@@H](O)[C@H](O)[C@H]1O. The second kappa shape index (κ2) is 25.5. The Labute approximate surface area is 487 Å². The summed E-state index contributed by atoms with van der Waals surface area (Å²) in [5.41, 5.74) is -0.539. The van der Waals surface area contributed by atoms with Gasteiger partial charge in [0.05, 0.1) is 44.7 Å². The van der Waals surface area contributed by atoms with Gasteiger partial charge in [-0.1, -0.05) is 32.4 Å². The fourth-order valence-electron chi connectivity index (χ4n) is 16.1. The van der Waals surface area contributed by atoms with Gasteiger partial charge in [-0.05, 0) is 113 Å². The first-order valence-electron chi connectivity index (χ1n) is 30.0. The van der Waals surface area contributed by atoms with Crippen LogP contribution in [0.1, 0.15) is 92.9 Å². The first-order chi connectivity index (χ1) is 39.7. The number of ether oxygens (including phenoxy) is 11. The normalized spacial score (nSPS) is 54.9. The van der Waals surface area contributed by atoms with Crippen molar-refractivity contribution in [1.82, 2.24) is 0 Å². The molecule has 35 atom stereocenters. The molecule has 9 fully saturated rings. The quantitative estimate of drug-likeness (QED) is 0.0651. The lowest BCUT2D eigenvalue weighted by Gasteiger charge is -2.58. The molecule has 3 saturated carbocycles. The van der Waals surface area contributed by atoms with Crippen LogP contribution in [0.5, 0.6) is 0 Å². The molecular formula is C57H92O27. The molecule has 27 nitrogen and oxygen atoms in total. The van der Waals surface area contributed by atoms with Gasteiger partial charge in [0.15, 0.2) is 31.5 Å². The lowest BCUT2D eigenvalue weighted by atomic mass is 9.46. The Morgan fingerprint density at radius 1 is 0.571 bits per heavy atom. The lowest BCUT2D eigenvalue weighted by Crippen LogP contribution is -2.67. The van der Waals surface area contributed by atoms with Crippen molar-refractivity contribution in [3.8, 4) is 0 Å². The maximum Gasteiger partial charge on any atom is 0.187 e. The van der Waals surface area contributed by atoms with E-state index in [9.17, 15) is 81.7 Å². The third-order valence-electron chi connectivity index (χ3n) is 21.0. The van der Waals surface area contributed by atoms with Gasteiger partial charge in [-0.15, -0.1) is 0 Å². The Balaban J connectivity index is 0.816. The summed E-state index contributed by atoms with van der Waals surface area (Å²) in [7, 11) is 0. The maximum absolute atomic E-state index is 12.4. The number of aliphatic hydroxyl groups is 16. The first-order valence-corrected chi connectivity index (χ1v) is 30.0. The van der Waals surface area contributed by atoms with Crippen LogP contribution in [0.3, 0.4) is 0 Å². The standard InChI is InChI=1S/C57H92O27/c1-21(20-74-50-42(69)39(66)35(62)30(17-58)79-50)7-10-33-57(6,73)49-29(78-33)16-28-26-9-8-24-15-25(11-13-55(24,4)27(26)12-14-56(28,49)5)77-54-48(84-51-43(70)38(65)34(61)22(2)75-51)47(37(64)32(19-60)81-54)83-52-45(72)41(68)46(23(3)76-52)82-53-44(71)40(67)36(63)31(18-59)80-53/h8,10,21-23,25-32,34-54,58-73H,7,9,11-20H2,1-6H3/b33-10-/t21?,22-,23-,25-,26+,27-,28-,29-,30+,31+,32+,34-,35+,36+,37+,38+,39-,40-,41-,42+,43+,44+,45+,46-,47-,48+,49-,50+,51-,52-,53-,54+,55-,56-,57+/m0/s1. The van der Waals surface area contributed by atoms with Crippen molar-refractivity contribution in [2.75, 3.05) is 26.4 Å². The van der Waals surface area contributed by atoms with E-state index in [1.807, 2.05) is 19.9 Å². The van der Waals surface area contributed by atoms with Gasteiger partial charge in [-0.3, -0.25) is 0 Å². The monoisotopic (exact) mass is 1210 g/mol. The number of allylic oxidation sites excluding steroid dienone is 2. The molecule has 6 saturated heterocycles. The van der Waals surface area contributed by atoms with Crippen LogP contribution >= 0.6 is 0 Å². The average Bonchev–Trinajstić information content (AvgIpc) is 1.51. The molecule has 4 aliphatic carbocycles. The molecule has 0 aromatic heterocycles. The van der Waals surface area contributed by atoms with Crippen LogP contribution in [0.15, 0.2) is 23.5 Å². The van der Waals surface area contributed by atoms with Crippen LogP contribution in [-0.4, -0.2) is 279 Å². The number of hydrogen-bond acceptors (Lipinski definition) is 27. The lowest BCUT2D eigenvalue weighted by molar-refractivity contribution is -0.398. The molecule has 1 unspecified atom stereocenters. The van der Waals surface area contributed by atoms with E-state index in [2.05, 4.69) is 19.9 Å². The molecule has 0 amide bonds. The Hall–Kier alpha value is -1.76. The van der Waals surface area contributed by atoms with Crippen molar-refractivity contribution in [3.05, 3.63) is 23.5 Å². The molecule has 27 heteroatoms. The Bertz CT molecular complexity index is 2280. The van der Waals surface area contributed by atoms with Crippen LogP contribution in [0.4, 0.5) is 0 Å². The van der Waals surface area contributed by atoms with E-state index in [0.29, 0.717) is 43.3 Å². The summed E-state index contributed by atoms with van der Waals surface area (Å²) < 4.78 is 66.8. The Morgan fingerprint density at radius 3 is 1.75 bits per heavy atom. The van der Waals surface area contributed by atoms with Crippen molar-refractivity contribution in [2.24, 2.45) is 40.4 Å². The minimum Gasteiger partial charge on any atom is -0.492 e. The highest BCUT2D eigenvalue weighted by atomic mass is 16.8. The van der Waals surface area contributed by atoms with Crippen molar-refractivity contribution in [1.29, 1.82) is 0 Å². The predicted octanol–water partition coefficient (Wildman–Crippen LogP) is -4.24. The summed E-state index contributed by atoms with van der Waals surface area (Å²) in [6.07, 6.45) is -30.3. The zero-order valence-corrected chi connectivity index (χ0v) is 48.3. The molecule has 0 aromatic rings. The summed E-state index contributed by atoms with van der Waals surface area (Å²) in [5, 5.41) is 172. The van der Waals surface area contributed by atoms with Gasteiger partial charge in [0.2, 0.25) is 0 Å². The third kappa shape index (κ3) is 11.7. The van der Waals surface area contributed by atoms with Crippen LogP contribution in [-0.2, 0) is 52.1 Å². The van der Waals surface area contributed by atoms with Crippen molar-refractivity contribution < 1.29 is 134 Å². The molecule has 0 spiro atoms. The second-order valence-electron chi connectivity index (χ2n) is 26.3. The minimum atomic E-state index is -1.97. The van der Waals surface area contributed by atoms with E-state index in [0.717, 1.165) is 25.7 Å². The molecule has 482 valence electrons. The highest BCUT2D eigenvalue weighted by Crippen LogP contribution is 2.70. The number of rotatable bonds is 16. The Morgan fingerprint density at radius 2 is 1.11 bits per heavy atom. The van der Waals surface area contributed by atoms with Crippen molar-refractivity contribution in [3.63, 3.8) is 0 Å². The number of aliphatic hydroxyl groups excluding tert-OH is 15. The summed E-state index contributed by atoms with van der Waals surface area (Å²) in [4.78, 5) is 0. The first kappa shape index (κ1) is 65.2. The van der Waals surface area contributed by atoms with Gasteiger partial charge in [0.1, 0.15) is 127 Å². The molecule has 0 bridgehead atoms. The van der Waals surface area contributed by atoms with Crippen molar-refractivity contribution >= 4 is 0 Å². The molecule has 6 heterocycles. The molecule has 0 radical (unpaired) electrons. The van der Waals surface area contributed by atoms with Gasteiger partial charge in [-0.25, -0.2) is 0 Å². The molecule has 10 aliphatic rings. The van der Waals surface area contributed by atoms with E-state index in [1.165, 1.54) is 19.4 Å². The van der Waals surface area contributed by atoms with Crippen LogP contribution in [0.2, 0.25) is 0 Å². The zero-order valence-electron chi connectivity index (χ0n) is 48.3. The van der Waals surface area contributed by atoms with E-state index < -0.39 is 185 Å². The van der Waals surface area contributed by atoms with Crippen molar-refractivity contribution in [2.45, 2.75) is 264 Å². The van der Waals surface area contributed by atoms with Gasteiger partial charge in [0, 0.05) is 5.92 Å². The molecule has 84 heavy (non-hydrogen) atoms. The molecule has 10 rings (SSSR count). The fourth-order valence-corrected chi connectivity index (χ4v) is 16.1. The van der Waals surface area contributed by atoms with E-state index in [1.54, 1.807) is 0 Å². The van der Waals surface area contributed by atoms with Gasteiger partial charge in [-0.2, -0.15) is 0 Å². The largest absolute Gasteiger partial charge is 0.492 e. The Kier molecular flexibility index (Phi) is 19.8. The smallest absolute Gasteiger partial charge is 0.187 e. The molecule has 6 aliphatic heterocycles. The van der Waals surface area contributed by atoms with Crippen LogP contribution in [0, 0.1) is 40.4 Å². The minimum absolute atomic E-state index is 0.118. The average molecular weight is 1210 g/mol. The zero-order chi connectivity index (χ0) is 60.8. The summed E-state index contributed by atoms with van der Waals surface area (Å²) in [6.45, 7) is 9.28. The highest BCUT2D eigenvalue weighted by molar-refractivity contribution is 5.29. The van der Waals surface area contributed by atoms with Gasteiger partial charge < -0.3 is 134 Å². The summed E-state index contributed by atoms with van der Waals surface area (Å²) in [5.74, 6) is 1.06. The van der Waals surface area contributed by atoms with E-state index >= 15 is 0 Å². The molecular weight excluding hydrogens is 1120 g/mol. The van der Waals surface area contributed by atoms with E-state index in [-0.39, 0.29) is 41.3 Å². The van der Waals surface area contributed by atoms with Crippen LogP contribution < -0.4 is 0 Å². The maximum atomic E-state index is 12.4. The van der Waals surface area contributed by atoms with Crippen LogP contribution in [0.25, 0.3) is 0 Å². The predicted molar refractivity (Wildman–Crippen MR) is 281 cm³/mol.